The minimum atomic E-state index is -3.77. The Balaban J connectivity index is 0.00000280. The predicted molar refractivity (Wildman–Crippen MR) is 113 cm³/mol. The van der Waals surface area contributed by atoms with Gasteiger partial charge in [0.1, 0.15) is 0 Å². The van der Waals surface area contributed by atoms with Crippen LogP contribution in [0.1, 0.15) is 36.0 Å². The molecule has 0 aromatic heterocycles. The number of nitrogens with two attached hydrogens (primary N) is 1. The van der Waals surface area contributed by atoms with Crippen LogP contribution in [0.2, 0.25) is 0 Å². The monoisotopic (exact) mass is 423 g/mol. The minimum absolute atomic E-state index is 0. The number of benzene rings is 2. The molecule has 1 amide bonds. The van der Waals surface area contributed by atoms with E-state index in [1.165, 1.54) is 23.5 Å². The van der Waals surface area contributed by atoms with Crippen molar-refractivity contribution in [3.8, 4) is 0 Å². The molecule has 2 aromatic rings. The number of hydrogen-bond acceptors (Lipinski definition) is 4. The highest BCUT2D eigenvalue weighted by atomic mass is 35.5. The Morgan fingerprint density at radius 3 is 2.36 bits per heavy atom. The van der Waals surface area contributed by atoms with Gasteiger partial charge in [0.05, 0.1) is 16.1 Å². The van der Waals surface area contributed by atoms with Gasteiger partial charge in [0.15, 0.2) is 0 Å². The molecule has 0 saturated heterocycles. The lowest BCUT2D eigenvalue weighted by Gasteiger charge is -2.28. The molecule has 0 bridgehead atoms. The molecule has 2 aromatic carbocycles. The summed E-state index contributed by atoms with van der Waals surface area (Å²) in [5.41, 5.74) is 6.37. The van der Waals surface area contributed by atoms with Gasteiger partial charge in [0.25, 0.3) is 15.9 Å². The van der Waals surface area contributed by atoms with Crippen LogP contribution in [0, 0.1) is 0 Å². The van der Waals surface area contributed by atoms with E-state index in [0.717, 1.165) is 25.7 Å². The minimum Gasteiger partial charge on any atom is -0.345 e. The number of rotatable bonds is 6. The van der Waals surface area contributed by atoms with Crippen molar-refractivity contribution in [3.63, 3.8) is 0 Å². The molecule has 0 spiro atoms. The zero-order chi connectivity index (χ0) is 19.5. The van der Waals surface area contributed by atoms with Crippen molar-refractivity contribution in [3.05, 3.63) is 60.2 Å². The summed E-state index contributed by atoms with van der Waals surface area (Å²) in [7, 11) is -2.27. The molecule has 152 valence electrons. The maximum absolute atomic E-state index is 12.9. The molecule has 8 heteroatoms. The summed E-state index contributed by atoms with van der Waals surface area (Å²) in [4.78, 5) is 12.8. The molecule has 0 radical (unpaired) electrons. The second-order valence-electron chi connectivity index (χ2n) is 6.98. The van der Waals surface area contributed by atoms with Crippen LogP contribution in [0.3, 0.4) is 0 Å². The van der Waals surface area contributed by atoms with Gasteiger partial charge >= 0.3 is 0 Å². The lowest BCUT2D eigenvalue weighted by molar-refractivity contribution is 0.0903. The van der Waals surface area contributed by atoms with Crippen LogP contribution in [0.5, 0.6) is 0 Å². The molecule has 0 aliphatic heterocycles. The number of para-hydroxylation sites is 1. The van der Waals surface area contributed by atoms with E-state index in [9.17, 15) is 13.2 Å². The van der Waals surface area contributed by atoms with E-state index >= 15 is 0 Å². The summed E-state index contributed by atoms with van der Waals surface area (Å²) in [6, 6.07) is 14.9. The van der Waals surface area contributed by atoms with Gasteiger partial charge in [-0.25, -0.2) is 8.42 Å². The van der Waals surface area contributed by atoms with Gasteiger partial charge in [0, 0.05) is 19.2 Å². The number of nitrogens with zero attached hydrogens (tertiary/aromatic N) is 1. The first kappa shape index (κ1) is 22.2. The molecule has 3 rings (SSSR count). The Labute approximate surface area is 172 Å². The first-order valence-corrected chi connectivity index (χ1v) is 10.5. The molecule has 0 unspecified atom stereocenters. The van der Waals surface area contributed by atoms with Crippen molar-refractivity contribution < 1.29 is 13.2 Å². The van der Waals surface area contributed by atoms with Gasteiger partial charge in [0.2, 0.25) is 0 Å². The Morgan fingerprint density at radius 1 is 1.11 bits per heavy atom. The molecule has 0 heterocycles. The third-order valence-electron chi connectivity index (χ3n) is 5.20. The second-order valence-corrected chi connectivity index (χ2v) is 8.95. The smallest absolute Gasteiger partial charge is 0.264 e. The van der Waals surface area contributed by atoms with E-state index in [1.807, 2.05) is 6.07 Å². The van der Waals surface area contributed by atoms with E-state index in [-0.39, 0.29) is 28.7 Å². The van der Waals surface area contributed by atoms with E-state index < -0.39 is 10.0 Å². The zero-order valence-corrected chi connectivity index (χ0v) is 17.4. The number of anilines is 1. The summed E-state index contributed by atoms with van der Waals surface area (Å²) >= 11 is 0. The van der Waals surface area contributed by atoms with Gasteiger partial charge in [-0.2, -0.15) is 0 Å². The highest BCUT2D eigenvalue weighted by Gasteiger charge is 2.34. The SMILES string of the molecule is CN(c1ccccc1)S(=O)(=O)c1cccc(C(=O)NC2(CN)CCCC2)c1.Cl. The maximum atomic E-state index is 12.9. The number of nitrogens with one attached hydrogen (secondary N) is 1. The number of carbonyl (C=O) groups is 1. The number of halogens is 1. The van der Waals surface area contributed by atoms with E-state index in [1.54, 1.807) is 36.4 Å². The largest absolute Gasteiger partial charge is 0.345 e. The fourth-order valence-corrected chi connectivity index (χ4v) is 4.72. The van der Waals surface area contributed by atoms with Crippen LogP contribution >= 0.6 is 12.4 Å². The summed E-state index contributed by atoms with van der Waals surface area (Å²) in [6.07, 6.45) is 3.77. The molecule has 3 N–H and O–H groups in total. The molecule has 1 aliphatic carbocycles. The molecule has 6 nitrogen and oxygen atoms in total. The van der Waals surface area contributed by atoms with Gasteiger partial charge < -0.3 is 11.1 Å². The molecule has 28 heavy (non-hydrogen) atoms. The van der Waals surface area contributed by atoms with Crippen LogP contribution < -0.4 is 15.4 Å². The van der Waals surface area contributed by atoms with Crippen LogP contribution in [0.4, 0.5) is 5.69 Å². The summed E-state index contributed by atoms with van der Waals surface area (Å²) in [5, 5.41) is 3.03. The van der Waals surface area contributed by atoms with Gasteiger partial charge in [-0.15, -0.1) is 12.4 Å². The van der Waals surface area contributed by atoms with Crippen LogP contribution in [-0.4, -0.2) is 33.5 Å². The first-order chi connectivity index (χ1) is 12.9. The topological polar surface area (TPSA) is 92.5 Å². The number of hydrogen-bond donors (Lipinski definition) is 2. The normalized spacial score (nSPS) is 15.5. The van der Waals surface area contributed by atoms with Crippen molar-refractivity contribution in [1.29, 1.82) is 0 Å². The molecule has 0 atom stereocenters. The van der Waals surface area contributed by atoms with Crippen molar-refractivity contribution in [2.24, 2.45) is 5.73 Å². The van der Waals surface area contributed by atoms with Crippen molar-refractivity contribution in [2.45, 2.75) is 36.1 Å². The van der Waals surface area contributed by atoms with Crippen LogP contribution in [0.15, 0.2) is 59.5 Å². The third kappa shape index (κ3) is 4.48. The lowest BCUT2D eigenvalue weighted by Crippen LogP contribution is -2.51. The molecule has 1 fully saturated rings. The maximum Gasteiger partial charge on any atom is 0.264 e. The van der Waals surface area contributed by atoms with Crippen molar-refractivity contribution in [2.75, 3.05) is 17.9 Å². The standard InChI is InChI=1S/C20H25N3O3S.ClH/c1-23(17-9-3-2-4-10-17)27(25,26)18-11-7-8-16(14-18)19(24)22-20(15-21)12-5-6-13-20;/h2-4,7-11,14H,5-6,12-13,15,21H2,1H3,(H,22,24);1H. The lowest BCUT2D eigenvalue weighted by atomic mass is 9.97. The molecular weight excluding hydrogens is 398 g/mol. The Kier molecular flexibility index (Phi) is 7.09. The van der Waals surface area contributed by atoms with E-state index in [0.29, 0.717) is 17.8 Å². The second kappa shape index (κ2) is 8.94. The summed E-state index contributed by atoms with van der Waals surface area (Å²) in [6.45, 7) is 0.382. The fourth-order valence-electron chi connectivity index (χ4n) is 3.48. The van der Waals surface area contributed by atoms with Crippen molar-refractivity contribution in [1.82, 2.24) is 5.32 Å². The average molecular weight is 424 g/mol. The van der Waals surface area contributed by atoms with Crippen LogP contribution in [-0.2, 0) is 10.0 Å². The Morgan fingerprint density at radius 2 is 1.75 bits per heavy atom. The highest BCUT2D eigenvalue weighted by Crippen LogP contribution is 2.29. The van der Waals surface area contributed by atoms with E-state index in [4.69, 9.17) is 5.73 Å². The van der Waals surface area contributed by atoms with E-state index in [2.05, 4.69) is 5.32 Å². The van der Waals surface area contributed by atoms with Crippen molar-refractivity contribution >= 4 is 34.0 Å². The number of amides is 1. The predicted octanol–water partition coefficient (Wildman–Crippen LogP) is 2.93. The van der Waals surface area contributed by atoms with Gasteiger partial charge in [-0.3, -0.25) is 9.10 Å². The first-order valence-electron chi connectivity index (χ1n) is 9.05. The van der Waals surface area contributed by atoms with Crippen LogP contribution in [0.25, 0.3) is 0 Å². The quantitative estimate of drug-likeness (QED) is 0.747. The highest BCUT2D eigenvalue weighted by molar-refractivity contribution is 7.92. The summed E-state index contributed by atoms with van der Waals surface area (Å²) in [5.74, 6) is -0.290. The molecule has 1 aliphatic rings. The zero-order valence-electron chi connectivity index (χ0n) is 15.8. The average Bonchev–Trinajstić information content (AvgIpc) is 3.17. The summed E-state index contributed by atoms with van der Waals surface area (Å²) < 4.78 is 27.1. The molecule has 1 saturated carbocycles. The third-order valence-corrected chi connectivity index (χ3v) is 6.99. The molecular formula is C20H26ClN3O3S. The Hall–Kier alpha value is -2.09. The van der Waals surface area contributed by atoms with Gasteiger partial charge in [-0.1, -0.05) is 37.1 Å². The number of sulfonamides is 1. The number of carbonyl (C=O) groups excluding carboxylic acids is 1. The Bertz CT molecular complexity index is 913. The van der Waals surface area contributed by atoms with Gasteiger partial charge in [-0.05, 0) is 43.2 Å². The fraction of sp³-hybridized carbons (Fsp3) is 0.350.